The molecule has 0 N–H and O–H groups in total. The van der Waals surface area contributed by atoms with E-state index in [4.69, 9.17) is 4.74 Å². The summed E-state index contributed by atoms with van der Waals surface area (Å²) in [5, 5.41) is 10.2. The molecule has 0 aliphatic heterocycles. The number of nitrogens with zero attached hydrogens (tertiary/aromatic N) is 1. The van der Waals surface area contributed by atoms with Gasteiger partial charge in [-0.1, -0.05) is 12.1 Å². The van der Waals surface area contributed by atoms with Crippen molar-refractivity contribution in [1.82, 2.24) is 0 Å². The maximum atomic E-state index is 10.2. The Labute approximate surface area is 82.7 Å². The third kappa shape index (κ3) is 2.73. The number of ether oxygens (including phenoxy) is 1. The van der Waals surface area contributed by atoms with Crippen LogP contribution < -0.4 is 4.74 Å². The van der Waals surface area contributed by atoms with Crippen molar-refractivity contribution >= 4 is 0 Å². The van der Waals surface area contributed by atoms with Crippen molar-refractivity contribution < 1.29 is 9.66 Å². The number of hydrogen-bond donors (Lipinski definition) is 0. The minimum atomic E-state index is -0.306. The third-order valence-corrected chi connectivity index (χ3v) is 2.04. The fraction of sp³-hybridized carbons (Fsp3) is 0.400. The molecular weight excluding hydrogens is 182 g/mol. The van der Waals surface area contributed by atoms with Gasteiger partial charge in [-0.25, -0.2) is 0 Å². The molecular formula is C10H13NO3. The fourth-order valence-electron chi connectivity index (χ4n) is 1.32. The molecule has 0 aromatic heterocycles. The lowest BCUT2D eigenvalue weighted by Crippen LogP contribution is -2.04. The second-order valence-corrected chi connectivity index (χ2v) is 3.11. The van der Waals surface area contributed by atoms with Crippen molar-refractivity contribution in [1.29, 1.82) is 0 Å². The second-order valence-electron chi connectivity index (χ2n) is 3.11. The molecule has 0 fully saturated rings. The van der Waals surface area contributed by atoms with E-state index in [1.807, 2.05) is 25.1 Å². The van der Waals surface area contributed by atoms with Crippen LogP contribution in [0.25, 0.3) is 0 Å². The van der Waals surface area contributed by atoms with Crippen molar-refractivity contribution in [3.63, 3.8) is 0 Å². The van der Waals surface area contributed by atoms with Crippen LogP contribution in [0, 0.1) is 17.0 Å². The highest BCUT2D eigenvalue weighted by atomic mass is 16.6. The first-order valence-corrected chi connectivity index (χ1v) is 4.39. The standard InChI is InChI=1S/C10H13NO3/c1-8-7-9(5-6-11(12)13)3-4-10(8)14-2/h3-4,7H,5-6H2,1-2H3. The molecule has 0 amide bonds. The van der Waals surface area contributed by atoms with Gasteiger partial charge in [-0.05, 0) is 24.1 Å². The lowest BCUT2D eigenvalue weighted by molar-refractivity contribution is -0.479. The molecule has 0 bridgehead atoms. The highest BCUT2D eigenvalue weighted by Gasteiger charge is 2.02. The van der Waals surface area contributed by atoms with Crippen LogP contribution in [0.4, 0.5) is 0 Å². The van der Waals surface area contributed by atoms with Crippen molar-refractivity contribution in [3.8, 4) is 5.75 Å². The normalized spacial score (nSPS) is 9.86. The van der Waals surface area contributed by atoms with Gasteiger partial charge in [0.15, 0.2) is 0 Å². The maximum absolute atomic E-state index is 10.2. The smallest absolute Gasteiger partial charge is 0.207 e. The first-order valence-electron chi connectivity index (χ1n) is 4.39. The topological polar surface area (TPSA) is 52.4 Å². The molecule has 4 heteroatoms. The first-order chi connectivity index (χ1) is 6.63. The number of methoxy groups -OCH3 is 1. The lowest BCUT2D eigenvalue weighted by Gasteiger charge is -2.05. The van der Waals surface area contributed by atoms with Crippen LogP contribution in [0.5, 0.6) is 5.75 Å². The van der Waals surface area contributed by atoms with Crippen molar-refractivity contribution in [2.24, 2.45) is 0 Å². The van der Waals surface area contributed by atoms with Crippen LogP contribution in [-0.2, 0) is 6.42 Å². The predicted molar refractivity (Wildman–Crippen MR) is 53.3 cm³/mol. The summed E-state index contributed by atoms with van der Waals surface area (Å²) >= 11 is 0. The van der Waals surface area contributed by atoms with Crippen LogP contribution in [0.15, 0.2) is 18.2 Å². The van der Waals surface area contributed by atoms with Gasteiger partial charge in [0.1, 0.15) is 5.75 Å². The van der Waals surface area contributed by atoms with Gasteiger partial charge in [-0.15, -0.1) is 0 Å². The van der Waals surface area contributed by atoms with Gasteiger partial charge in [0.25, 0.3) is 0 Å². The van der Waals surface area contributed by atoms with E-state index in [9.17, 15) is 10.1 Å². The minimum absolute atomic E-state index is 0.0221. The Bertz CT molecular complexity index is 336. The van der Waals surface area contributed by atoms with E-state index in [1.165, 1.54) is 0 Å². The molecule has 4 nitrogen and oxygen atoms in total. The van der Waals surface area contributed by atoms with Crippen molar-refractivity contribution in [3.05, 3.63) is 39.4 Å². The minimum Gasteiger partial charge on any atom is -0.496 e. The molecule has 0 saturated heterocycles. The molecule has 0 atom stereocenters. The van der Waals surface area contributed by atoms with E-state index in [0.29, 0.717) is 6.42 Å². The van der Waals surface area contributed by atoms with E-state index < -0.39 is 0 Å². The van der Waals surface area contributed by atoms with Gasteiger partial charge < -0.3 is 4.74 Å². The lowest BCUT2D eigenvalue weighted by atomic mass is 10.1. The molecule has 0 heterocycles. The molecule has 0 aliphatic carbocycles. The highest BCUT2D eigenvalue weighted by Crippen LogP contribution is 2.18. The van der Waals surface area contributed by atoms with Gasteiger partial charge >= 0.3 is 0 Å². The highest BCUT2D eigenvalue weighted by molar-refractivity contribution is 5.36. The van der Waals surface area contributed by atoms with E-state index in [0.717, 1.165) is 16.9 Å². The van der Waals surface area contributed by atoms with Crippen LogP contribution >= 0.6 is 0 Å². The number of rotatable bonds is 4. The zero-order valence-electron chi connectivity index (χ0n) is 8.32. The van der Waals surface area contributed by atoms with Gasteiger partial charge in [-0.3, -0.25) is 10.1 Å². The summed E-state index contributed by atoms with van der Waals surface area (Å²) in [6, 6.07) is 5.61. The third-order valence-electron chi connectivity index (χ3n) is 2.04. The average molecular weight is 195 g/mol. The number of hydrogen-bond acceptors (Lipinski definition) is 3. The van der Waals surface area contributed by atoms with Crippen LogP contribution in [0.3, 0.4) is 0 Å². The SMILES string of the molecule is COc1ccc(CC[N+](=O)[O-])cc1C. The summed E-state index contributed by atoms with van der Waals surface area (Å²) in [6.07, 6.45) is 0.470. The summed E-state index contributed by atoms with van der Waals surface area (Å²) in [6.45, 7) is 1.90. The van der Waals surface area contributed by atoms with E-state index in [1.54, 1.807) is 7.11 Å². The molecule has 1 aromatic carbocycles. The average Bonchev–Trinajstić information content (AvgIpc) is 2.15. The van der Waals surface area contributed by atoms with Crippen LogP contribution in [0.1, 0.15) is 11.1 Å². The molecule has 76 valence electrons. The summed E-state index contributed by atoms with van der Waals surface area (Å²) < 4.78 is 5.09. The fourth-order valence-corrected chi connectivity index (χ4v) is 1.32. The van der Waals surface area contributed by atoms with E-state index in [2.05, 4.69) is 0 Å². The summed E-state index contributed by atoms with van der Waals surface area (Å²) in [7, 11) is 1.61. The molecule has 0 radical (unpaired) electrons. The van der Waals surface area contributed by atoms with E-state index in [-0.39, 0.29) is 11.5 Å². The Morgan fingerprint density at radius 2 is 2.21 bits per heavy atom. The van der Waals surface area contributed by atoms with Gasteiger partial charge in [-0.2, -0.15) is 0 Å². The monoisotopic (exact) mass is 195 g/mol. The summed E-state index contributed by atoms with van der Waals surface area (Å²) in [5.41, 5.74) is 1.98. The predicted octanol–water partition coefficient (Wildman–Crippen LogP) is 1.82. The second kappa shape index (κ2) is 4.60. The molecule has 0 saturated carbocycles. The first kappa shape index (κ1) is 10.5. The Balaban J connectivity index is 2.71. The Kier molecular flexibility index (Phi) is 3.45. The zero-order valence-corrected chi connectivity index (χ0v) is 8.32. The number of benzene rings is 1. The number of aryl methyl sites for hydroxylation is 1. The zero-order chi connectivity index (χ0) is 10.6. The maximum Gasteiger partial charge on any atom is 0.207 e. The molecule has 0 unspecified atom stereocenters. The summed E-state index contributed by atoms with van der Waals surface area (Å²) in [4.78, 5) is 9.86. The van der Waals surface area contributed by atoms with Crippen molar-refractivity contribution in [2.75, 3.05) is 13.7 Å². The molecule has 0 spiro atoms. The van der Waals surface area contributed by atoms with Crippen molar-refractivity contribution in [2.45, 2.75) is 13.3 Å². The largest absolute Gasteiger partial charge is 0.496 e. The molecule has 14 heavy (non-hydrogen) atoms. The molecule has 1 aromatic rings. The van der Waals surface area contributed by atoms with Gasteiger partial charge in [0, 0.05) is 11.3 Å². The quantitative estimate of drug-likeness (QED) is 0.544. The van der Waals surface area contributed by atoms with Crippen LogP contribution in [0.2, 0.25) is 0 Å². The van der Waals surface area contributed by atoms with Gasteiger partial charge in [0.2, 0.25) is 6.54 Å². The number of nitro groups is 1. The molecule has 1 rings (SSSR count). The summed E-state index contributed by atoms with van der Waals surface area (Å²) in [5.74, 6) is 0.815. The molecule has 0 aliphatic rings. The Hall–Kier alpha value is -1.58. The van der Waals surface area contributed by atoms with Crippen LogP contribution in [-0.4, -0.2) is 18.6 Å². The Morgan fingerprint density at radius 1 is 1.50 bits per heavy atom. The van der Waals surface area contributed by atoms with Gasteiger partial charge in [0.05, 0.1) is 7.11 Å². The Morgan fingerprint density at radius 3 is 2.71 bits per heavy atom. The van der Waals surface area contributed by atoms with E-state index >= 15 is 0 Å².